The highest BCUT2D eigenvalue weighted by Crippen LogP contribution is 2.25. The quantitative estimate of drug-likeness (QED) is 0.649. The number of thiol groups is 1. The summed E-state index contributed by atoms with van der Waals surface area (Å²) in [5, 5.41) is -0.0671. The number of hydrogen-bond acceptors (Lipinski definition) is 3. The molecule has 1 saturated carbocycles. The Morgan fingerprint density at radius 2 is 1.80 bits per heavy atom. The first-order chi connectivity index (χ1) is 4.67. The molecule has 0 aromatic rings. The van der Waals surface area contributed by atoms with E-state index in [9.17, 15) is 8.42 Å². The van der Waals surface area contributed by atoms with Crippen LogP contribution in [-0.4, -0.2) is 18.8 Å². The van der Waals surface area contributed by atoms with Gasteiger partial charge >= 0.3 is 0 Å². The summed E-state index contributed by atoms with van der Waals surface area (Å²) in [6.45, 7) is 0. The van der Waals surface area contributed by atoms with Crippen molar-refractivity contribution in [2.45, 2.75) is 30.9 Å². The van der Waals surface area contributed by atoms with Crippen LogP contribution in [-0.2, 0) is 9.84 Å². The zero-order valence-electron chi connectivity index (χ0n) is 5.78. The molecule has 0 saturated heterocycles. The van der Waals surface area contributed by atoms with Gasteiger partial charge in [-0.15, -0.1) is 0 Å². The molecule has 60 valence electrons. The molecule has 1 aliphatic carbocycles. The molecule has 0 aromatic carbocycles. The zero-order chi connectivity index (χ0) is 7.61. The average molecular weight is 180 g/mol. The first kappa shape index (κ1) is 8.40. The van der Waals surface area contributed by atoms with Crippen LogP contribution in [0.15, 0.2) is 0 Å². The number of sulfone groups is 1. The Morgan fingerprint density at radius 3 is 2.20 bits per heavy atom. The van der Waals surface area contributed by atoms with E-state index in [0.29, 0.717) is 0 Å². The van der Waals surface area contributed by atoms with E-state index >= 15 is 0 Å². The lowest BCUT2D eigenvalue weighted by Gasteiger charge is -2.06. The molecule has 10 heavy (non-hydrogen) atoms. The molecule has 0 aromatic heterocycles. The lowest BCUT2D eigenvalue weighted by molar-refractivity contribution is 0.585. The molecule has 1 aliphatic rings. The molecule has 0 N–H and O–H groups in total. The first-order valence-electron chi connectivity index (χ1n) is 3.49. The minimum Gasteiger partial charge on any atom is -0.228 e. The summed E-state index contributed by atoms with van der Waals surface area (Å²) in [4.78, 5) is 0. The number of rotatable bonds is 2. The lowest BCUT2D eigenvalue weighted by Crippen LogP contribution is -2.18. The van der Waals surface area contributed by atoms with Crippen LogP contribution in [0, 0.1) is 0 Å². The van der Waals surface area contributed by atoms with E-state index in [-0.39, 0.29) is 10.3 Å². The third kappa shape index (κ3) is 1.66. The molecule has 0 bridgehead atoms. The van der Waals surface area contributed by atoms with Gasteiger partial charge in [0.15, 0.2) is 9.84 Å². The van der Waals surface area contributed by atoms with Gasteiger partial charge < -0.3 is 0 Å². The molecule has 4 heteroatoms. The van der Waals surface area contributed by atoms with Gasteiger partial charge in [-0.1, -0.05) is 12.8 Å². The van der Waals surface area contributed by atoms with Crippen LogP contribution < -0.4 is 0 Å². The van der Waals surface area contributed by atoms with Crippen molar-refractivity contribution in [3.8, 4) is 0 Å². The van der Waals surface area contributed by atoms with Gasteiger partial charge in [-0.05, 0) is 12.8 Å². The highest BCUT2D eigenvalue weighted by atomic mass is 32.2. The lowest BCUT2D eigenvalue weighted by atomic mass is 10.4. The molecular weight excluding hydrogens is 168 g/mol. The van der Waals surface area contributed by atoms with E-state index in [4.69, 9.17) is 0 Å². The van der Waals surface area contributed by atoms with Crippen molar-refractivity contribution >= 4 is 22.5 Å². The molecular formula is C6H12O2S2. The van der Waals surface area contributed by atoms with E-state index in [1.54, 1.807) is 0 Å². The SMILES string of the molecule is O=S(=O)(CS)C1CCCC1. The highest BCUT2D eigenvalue weighted by Gasteiger charge is 2.26. The van der Waals surface area contributed by atoms with E-state index < -0.39 is 9.84 Å². The second kappa shape index (κ2) is 3.13. The summed E-state index contributed by atoms with van der Waals surface area (Å²) in [5.74, 6) is 0. The minimum absolute atomic E-state index is 0.0116. The van der Waals surface area contributed by atoms with E-state index in [1.807, 2.05) is 0 Å². The summed E-state index contributed by atoms with van der Waals surface area (Å²) in [6.07, 6.45) is 3.83. The van der Waals surface area contributed by atoms with Crippen LogP contribution >= 0.6 is 12.6 Å². The molecule has 0 atom stereocenters. The molecule has 0 unspecified atom stereocenters. The highest BCUT2D eigenvalue weighted by molar-refractivity contribution is 8.04. The second-order valence-corrected chi connectivity index (χ2v) is 5.72. The predicted molar refractivity (Wildman–Crippen MR) is 45.0 cm³/mol. The Hall–Kier alpha value is 0.300. The molecule has 0 radical (unpaired) electrons. The van der Waals surface area contributed by atoms with Crippen molar-refractivity contribution in [3.63, 3.8) is 0 Å². The Bertz CT molecular complexity index is 190. The Kier molecular flexibility index (Phi) is 2.63. The van der Waals surface area contributed by atoms with Crippen LogP contribution in [0.3, 0.4) is 0 Å². The summed E-state index contributed by atoms with van der Waals surface area (Å²) in [5.41, 5.74) is 0. The summed E-state index contributed by atoms with van der Waals surface area (Å²) >= 11 is 3.79. The minimum atomic E-state index is -2.83. The van der Waals surface area contributed by atoms with Gasteiger partial charge in [0.1, 0.15) is 0 Å². The van der Waals surface area contributed by atoms with Crippen LogP contribution in [0.2, 0.25) is 0 Å². The smallest absolute Gasteiger partial charge is 0.162 e. The molecule has 0 aliphatic heterocycles. The fourth-order valence-corrected chi connectivity index (χ4v) is 3.25. The molecule has 1 fully saturated rings. The van der Waals surface area contributed by atoms with Crippen molar-refractivity contribution in [3.05, 3.63) is 0 Å². The normalized spacial score (nSPS) is 21.7. The van der Waals surface area contributed by atoms with Crippen LogP contribution in [0.5, 0.6) is 0 Å². The van der Waals surface area contributed by atoms with Gasteiger partial charge in [0, 0.05) is 0 Å². The maximum atomic E-state index is 11.1. The maximum Gasteiger partial charge on any atom is 0.162 e. The molecule has 1 rings (SSSR count). The molecule has 0 amide bonds. The van der Waals surface area contributed by atoms with Gasteiger partial charge in [0.25, 0.3) is 0 Å². The fourth-order valence-electron chi connectivity index (χ4n) is 1.35. The topological polar surface area (TPSA) is 34.1 Å². The van der Waals surface area contributed by atoms with Crippen LogP contribution in [0.25, 0.3) is 0 Å². The average Bonchev–Trinajstić information content (AvgIpc) is 2.38. The van der Waals surface area contributed by atoms with E-state index in [1.165, 1.54) is 0 Å². The van der Waals surface area contributed by atoms with Crippen molar-refractivity contribution < 1.29 is 8.42 Å². The monoisotopic (exact) mass is 180 g/mol. The Morgan fingerprint density at radius 1 is 1.30 bits per heavy atom. The predicted octanol–water partition coefficient (Wildman–Crippen LogP) is 1.23. The number of hydrogen-bond donors (Lipinski definition) is 1. The van der Waals surface area contributed by atoms with Crippen molar-refractivity contribution in [1.29, 1.82) is 0 Å². The van der Waals surface area contributed by atoms with Gasteiger partial charge in [-0.3, -0.25) is 0 Å². The van der Waals surface area contributed by atoms with Gasteiger partial charge in [-0.25, -0.2) is 8.42 Å². The van der Waals surface area contributed by atoms with E-state index in [2.05, 4.69) is 12.6 Å². The molecule has 0 heterocycles. The van der Waals surface area contributed by atoms with Gasteiger partial charge in [-0.2, -0.15) is 12.6 Å². The second-order valence-electron chi connectivity index (χ2n) is 2.70. The van der Waals surface area contributed by atoms with Crippen LogP contribution in [0.4, 0.5) is 0 Å². The summed E-state index contributed by atoms with van der Waals surface area (Å²) < 4.78 is 22.3. The third-order valence-corrected chi connectivity index (χ3v) is 4.92. The van der Waals surface area contributed by atoms with Crippen molar-refractivity contribution in [2.75, 3.05) is 5.08 Å². The fraction of sp³-hybridized carbons (Fsp3) is 1.00. The van der Waals surface area contributed by atoms with Crippen LogP contribution in [0.1, 0.15) is 25.7 Å². The first-order valence-corrected chi connectivity index (χ1v) is 5.84. The summed E-state index contributed by atoms with van der Waals surface area (Å²) in [7, 11) is -2.83. The molecule has 2 nitrogen and oxygen atoms in total. The standard InChI is InChI=1S/C6H12O2S2/c7-10(8,5-9)6-3-1-2-4-6/h6,9H,1-5H2. The summed E-state index contributed by atoms with van der Waals surface area (Å²) in [6, 6.07) is 0. The largest absolute Gasteiger partial charge is 0.228 e. The molecule has 0 spiro atoms. The van der Waals surface area contributed by atoms with Gasteiger partial charge in [0.2, 0.25) is 0 Å². The Balaban J connectivity index is 2.63. The zero-order valence-corrected chi connectivity index (χ0v) is 7.50. The van der Waals surface area contributed by atoms with Gasteiger partial charge in [0.05, 0.1) is 10.3 Å². The van der Waals surface area contributed by atoms with Crippen molar-refractivity contribution in [2.24, 2.45) is 0 Å². The maximum absolute atomic E-state index is 11.1. The van der Waals surface area contributed by atoms with E-state index in [0.717, 1.165) is 25.7 Å². The van der Waals surface area contributed by atoms with Crippen molar-refractivity contribution in [1.82, 2.24) is 0 Å². The third-order valence-electron chi connectivity index (χ3n) is 1.99. The Labute approximate surface area is 67.3 Å².